The zero-order valence-electron chi connectivity index (χ0n) is 7.43. The van der Waals surface area contributed by atoms with Crippen molar-refractivity contribution >= 4 is 22.9 Å². The molecule has 0 amide bonds. The summed E-state index contributed by atoms with van der Waals surface area (Å²) in [7, 11) is 0. The Hall–Kier alpha value is -0.840. The molecule has 5 heteroatoms. The molecule has 14 heavy (non-hydrogen) atoms. The first-order valence-corrected chi connectivity index (χ1v) is 5.41. The largest absolute Gasteiger partial charge is 0.336 e. The molecule has 3 nitrogen and oxygen atoms in total. The van der Waals surface area contributed by atoms with E-state index in [9.17, 15) is 0 Å². The summed E-state index contributed by atoms with van der Waals surface area (Å²) in [6.45, 7) is 0.733. The molecule has 2 N–H and O–H groups in total. The number of halogens is 1. The molecule has 2 aromatic rings. The van der Waals surface area contributed by atoms with E-state index in [4.69, 9.17) is 17.3 Å². The van der Waals surface area contributed by atoms with E-state index in [1.807, 2.05) is 22.9 Å². The highest BCUT2D eigenvalue weighted by molar-refractivity contribution is 7.16. The summed E-state index contributed by atoms with van der Waals surface area (Å²) < 4.78 is 2.74. The van der Waals surface area contributed by atoms with Crippen LogP contribution in [0.25, 0.3) is 0 Å². The van der Waals surface area contributed by atoms with E-state index in [1.165, 1.54) is 11.3 Å². The third kappa shape index (κ3) is 2.15. The number of aromatic nitrogens is 2. The van der Waals surface area contributed by atoms with Gasteiger partial charge in [-0.1, -0.05) is 11.6 Å². The van der Waals surface area contributed by atoms with Gasteiger partial charge in [0.15, 0.2) is 0 Å². The van der Waals surface area contributed by atoms with E-state index in [1.54, 1.807) is 12.5 Å². The minimum absolute atomic E-state index is 0.0123. The van der Waals surface area contributed by atoms with Gasteiger partial charge in [-0.25, -0.2) is 4.98 Å². The number of hydrogen-bond donors (Lipinski definition) is 1. The molecule has 0 saturated heterocycles. The van der Waals surface area contributed by atoms with Crippen LogP contribution in [0.1, 0.15) is 10.9 Å². The smallest absolute Gasteiger partial charge is 0.0946 e. The topological polar surface area (TPSA) is 43.8 Å². The van der Waals surface area contributed by atoms with Crippen LogP contribution in [0.2, 0.25) is 4.34 Å². The van der Waals surface area contributed by atoms with Crippen LogP contribution < -0.4 is 5.73 Å². The van der Waals surface area contributed by atoms with Crippen molar-refractivity contribution in [1.29, 1.82) is 0 Å². The van der Waals surface area contributed by atoms with Crippen molar-refractivity contribution in [3.63, 3.8) is 0 Å². The summed E-state index contributed by atoms with van der Waals surface area (Å²) in [5.74, 6) is 0. The van der Waals surface area contributed by atoms with Gasteiger partial charge >= 0.3 is 0 Å². The van der Waals surface area contributed by atoms with Crippen molar-refractivity contribution in [2.75, 3.05) is 0 Å². The van der Waals surface area contributed by atoms with E-state index >= 15 is 0 Å². The number of rotatable bonds is 3. The van der Waals surface area contributed by atoms with Crippen LogP contribution in [0, 0.1) is 0 Å². The van der Waals surface area contributed by atoms with Crippen LogP contribution in [-0.2, 0) is 6.54 Å². The minimum atomic E-state index is -0.0123. The molecule has 74 valence electrons. The Labute approximate surface area is 91.1 Å². The summed E-state index contributed by atoms with van der Waals surface area (Å²) in [4.78, 5) is 5.06. The lowest BCUT2D eigenvalue weighted by Crippen LogP contribution is -2.15. The fourth-order valence-electron chi connectivity index (χ4n) is 1.24. The number of nitrogens with zero attached hydrogens (tertiary/aromatic N) is 2. The second-order valence-electron chi connectivity index (χ2n) is 3.01. The Kier molecular flexibility index (Phi) is 2.86. The highest BCUT2D eigenvalue weighted by atomic mass is 35.5. The van der Waals surface area contributed by atoms with Gasteiger partial charge in [0.25, 0.3) is 0 Å². The summed E-state index contributed by atoms with van der Waals surface area (Å²) >= 11 is 7.35. The molecule has 0 aliphatic carbocycles. The summed E-state index contributed by atoms with van der Waals surface area (Å²) in [5, 5.41) is 0. The average Bonchev–Trinajstić information content (AvgIpc) is 2.75. The predicted octanol–water partition coefficient (Wildman–Crippen LogP) is 2.30. The molecule has 0 aliphatic rings. The molecule has 0 aliphatic heterocycles. The zero-order valence-corrected chi connectivity index (χ0v) is 9.00. The average molecular weight is 228 g/mol. The van der Waals surface area contributed by atoms with Crippen LogP contribution in [0.3, 0.4) is 0 Å². The van der Waals surface area contributed by atoms with Gasteiger partial charge in [0.2, 0.25) is 0 Å². The molecular weight excluding hydrogens is 218 g/mol. The Morgan fingerprint density at radius 2 is 2.43 bits per heavy atom. The van der Waals surface area contributed by atoms with Gasteiger partial charge in [0.1, 0.15) is 0 Å². The van der Waals surface area contributed by atoms with Crippen LogP contribution in [0.5, 0.6) is 0 Å². The van der Waals surface area contributed by atoms with Gasteiger partial charge in [-0.2, -0.15) is 0 Å². The molecule has 0 aromatic carbocycles. The predicted molar refractivity (Wildman–Crippen MR) is 58.5 cm³/mol. The Bertz CT molecular complexity index is 396. The zero-order chi connectivity index (χ0) is 9.97. The lowest BCUT2D eigenvalue weighted by Gasteiger charge is -2.09. The van der Waals surface area contributed by atoms with Gasteiger partial charge in [-0.15, -0.1) is 11.3 Å². The number of hydrogen-bond acceptors (Lipinski definition) is 3. The molecule has 0 spiro atoms. The lowest BCUT2D eigenvalue weighted by molar-refractivity contribution is 0.584. The number of nitrogens with two attached hydrogens (primary N) is 1. The van der Waals surface area contributed by atoms with Crippen molar-refractivity contribution < 1.29 is 0 Å². The van der Waals surface area contributed by atoms with Crippen molar-refractivity contribution in [3.8, 4) is 0 Å². The molecular formula is C9H10ClN3S. The second-order valence-corrected chi connectivity index (χ2v) is 4.75. The third-order valence-corrected chi connectivity index (χ3v) is 3.29. The van der Waals surface area contributed by atoms with Crippen LogP contribution in [-0.4, -0.2) is 9.55 Å². The van der Waals surface area contributed by atoms with Gasteiger partial charge in [0.05, 0.1) is 16.7 Å². The van der Waals surface area contributed by atoms with E-state index in [0.29, 0.717) is 0 Å². The van der Waals surface area contributed by atoms with E-state index in [-0.39, 0.29) is 6.04 Å². The fraction of sp³-hybridized carbons (Fsp3) is 0.222. The molecule has 2 heterocycles. The van der Waals surface area contributed by atoms with Crippen molar-refractivity contribution in [1.82, 2.24) is 9.55 Å². The van der Waals surface area contributed by atoms with Crippen molar-refractivity contribution in [3.05, 3.63) is 40.1 Å². The standard InChI is InChI=1S/C9H10ClN3S/c10-9-2-1-8(14-9)7(11)5-13-4-3-12-6-13/h1-4,6-7H,5,11H2. The first-order chi connectivity index (χ1) is 6.75. The fourth-order valence-corrected chi connectivity index (χ4v) is 2.29. The number of imidazole rings is 1. The highest BCUT2D eigenvalue weighted by Crippen LogP contribution is 2.26. The number of thiophene rings is 1. The van der Waals surface area contributed by atoms with Crippen LogP contribution in [0.4, 0.5) is 0 Å². The Morgan fingerprint density at radius 3 is 3.00 bits per heavy atom. The molecule has 0 bridgehead atoms. The monoisotopic (exact) mass is 227 g/mol. The minimum Gasteiger partial charge on any atom is -0.336 e. The van der Waals surface area contributed by atoms with E-state index < -0.39 is 0 Å². The first-order valence-electron chi connectivity index (χ1n) is 4.22. The summed E-state index contributed by atoms with van der Waals surface area (Å²) in [5.41, 5.74) is 6.00. The van der Waals surface area contributed by atoms with Gasteiger partial charge in [-0.3, -0.25) is 0 Å². The molecule has 0 saturated carbocycles. The molecule has 1 unspecified atom stereocenters. The van der Waals surface area contributed by atoms with Gasteiger partial charge < -0.3 is 10.3 Å². The maximum atomic E-state index is 6.00. The van der Waals surface area contributed by atoms with E-state index in [2.05, 4.69) is 4.98 Å². The maximum Gasteiger partial charge on any atom is 0.0946 e. The van der Waals surface area contributed by atoms with E-state index in [0.717, 1.165) is 15.8 Å². The van der Waals surface area contributed by atoms with Crippen LogP contribution >= 0.6 is 22.9 Å². The normalized spacial score (nSPS) is 13.0. The van der Waals surface area contributed by atoms with Crippen molar-refractivity contribution in [2.45, 2.75) is 12.6 Å². The van der Waals surface area contributed by atoms with Crippen LogP contribution in [0.15, 0.2) is 30.9 Å². The van der Waals surface area contributed by atoms with Gasteiger partial charge in [0, 0.05) is 23.8 Å². The molecule has 0 fully saturated rings. The molecule has 1 atom stereocenters. The Balaban J connectivity index is 2.06. The lowest BCUT2D eigenvalue weighted by atomic mass is 10.2. The molecule has 2 rings (SSSR count). The quantitative estimate of drug-likeness (QED) is 0.875. The van der Waals surface area contributed by atoms with Crippen molar-refractivity contribution in [2.24, 2.45) is 5.73 Å². The highest BCUT2D eigenvalue weighted by Gasteiger charge is 2.08. The van der Waals surface area contributed by atoms with Gasteiger partial charge in [-0.05, 0) is 12.1 Å². The summed E-state index contributed by atoms with van der Waals surface area (Å²) in [6.07, 6.45) is 5.40. The third-order valence-electron chi connectivity index (χ3n) is 1.93. The Morgan fingerprint density at radius 1 is 1.57 bits per heavy atom. The first kappa shape index (κ1) is 9.71. The molecule has 0 radical (unpaired) electrons. The molecule has 2 aromatic heterocycles. The summed E-state index contributed by atoms with van der Waals surface area (Å²) in [6, 6.07) is 3.82. The second kappa shape index (κ2) is 4.13. The SMILES string of the molecule is NC(Cn1ccnc1)c1ccc(Cl)s1. The maximum absolute atomic E-state index is 6.00.